The van der Waals surface area contributed by atoms with Gasteiger partial charge in [-0.1, -0.05) is 13.3 Å². The number of furan rings is 1. The highest BCUT2D eigenvalue weighted by Gasteiger charge is 2.23. The van der Waals surface area contributed by atoms with Crippen molar-refractivity contribution in [2.24, 2.45) is 0 Å². The van der Waals surface area contributed by atoms with Crippen LogP contribution in [0.5, 0.6) is 5.75 Å². The van der Waals surface area contributed by atoms with Gasteiger partial charge >= 0.3 is 0 Å². The van der Waals surface area contributed by atoms with Crippen LogP contribution in [0.25, 0.3) is 11.5 Å². The quantitative estimate of drug-likeness (QED) is 0.555. The number of piperazine rings is 1. The van der Waals surface area contributed by atoms with Crippen molar-refractivity contribution < 1.29 is 13.9 Å². The number of amides is 1. The first-order valence-corrected chi connectivity index (χ1v) is 10.4. The Balaban J connectivity index is 1.31. The molecule has 30 heavy (non-hydrogen) atoms. The molecule has 0 radical (unpaired) electrons. The Morgan fingerprint density at radius 3 is 2.47 bits per heavy atom. The Morgan fingerprint density at radius 1 is 1.03 bits per heavy atom. The fourth-order valence-corrected chi connectivity index (χ4v) is 3.40. The largest absolute Gasteiger partial charge is 0.494 e. The SMILES string of the molecule is CCCCOc1ccc(C(=O)N2CCN(c3ccc(-c4ccco4)nn3)CC2)cc1. The molecule has 3 aromatic rings. The zero-order valence-electron chi connectivity index (χ0n) is 17.2. The minimum Gasteiger partial charge on any atom is -0.494 e. The van der Waals surface area contributed by atoms with Gasteiger partial charge in [0.2, 0.25) is 0 Å². The van der Waals surface area contributed by atoms with E-state index in [0.29, 0.717) is 36.7 Å². The van der Waals surface area contributed by atoms with Crippen LogP contribution in [0.15, 0.2) is 59.2 Å². The number of hydrogen-bond donors (Lipinski definition) is 0. The molecule has 0 spiro atoms. The van der Waals surface area contributed by atoms with Crippen molar-refractivity contribution in [1.82, 2.24) is 15.1 Å². The van der Waals surface area contributed by atoms with E-state index in [-0.39, 0.29) is 5.91 Å². The van der Waals surface area contributed by atoms with Gasteiger partial charge < -0.3 is 19.0 Å². The Kier molecular flexibility index (Phi) is 6.27. The molecule has 3 heterocycles. The monoisotopic (exact) mass is 406 g/mol. The predicted octanol–water partition coefficient (Wildman–Crippen LogP) is 3.88. The van der Waals surface area contributed by atoms with Crippen LogP contribution in [0, 0.1) is 0 Å². The summed E-state index contributed by atoms with van der Waals surface area (Å²) in [5.74, 6) is 2.37. The standard InChI is InChI=1S/C23H26N4O3/c1-2-3-16-29-19-8-6-18(7-9-19)23(28)27-14-12-26(13-15-27)22-11-10-20(24-25-22)21-5-4-17-30-21/h4-11,17H,2-3,12-16H2,1H3. The normalized spacial score (nSPS) is 14.0. The summed E-state index contributed by atoms with van der Waals surface area (Å²) in [6, 6.07) is 15.0. The third-order valence-electron chi connectivity index (χ3n) is 5.18. The van der Waals surface area contributed by atoms with Crippen LogP contribution in [-0.2, 0) is 0 Å². The van der Waals surface area contributed by atoms with E-state index in [4.69, 9.17) is 9.15 Å². The molecule has 7 nitrogen and oxygen atoms in total. The Hall–Kier alpha value is -3.35. The first kappa shape index (κ1) is 19.9. The Morgan fingerprint density at radius 2 is 1.83 bits per heavy atom. The van der Waals surface area contributed by atoms with Crippen LogP contribution in [0.2, 0.25) is 0 Å². The van der Waals surface area contributed by atoms with Gasteiger partial charge in [-0.15, -0.1) is 10.2 Å². The molecule has 0 saturated carbocycles. The fourth-order valence-electron chi connectivity index (χ4n) is 3.40. The van der Waals surface area contributed by atoms with Gasteiger partial charge in [0.1, 0.15) is 11.4 Å². The van der Waals surface area contributed by atoms with Crippen molar-refractivity contribution >= 4 is 11.7 Å². The summed E-state index contributed by atoms with van der Waals surface area (Å²) in [7, 11) is 0. The Bertz CT molecular complexity index is 932. The molecule has 1 aliphatic rings. The summed E-state index contributed by atoms with van der Waals surface area (Å²) in [5, 5.41) is 8.58. The third-order valence-corrected chi connectivity index (χ3v) is 5.18. The molecule has 0 bridgehead atoms. The Labute approximate surface area is 176 Å². The molecular weight excluding hydrogens is 380 g/mol. The van der Waals surface area contributed by atoms with Crippen LogP contribution < -0.4 is 9.64 Å². The topological polar surface area (TPSA) is 71.7 Å². The molecule has 0 aliphatic carbocycles. The second-order valence-electron chi connectivity index (χ2n) is 7.26. The summed E-state index contributed by atoms with van der Waals surface area (Å²) in [5.41, 5.74) is 1.40. The van der Waals surface area contributed by atoms with Gasteiger partial charge in [0, 0.05) is 31.7 Å². The van der Waals surface area contributed by atoms with E-state index < -0.39 is 0 Å². The number of aromatic nitrogens is 2. The number of rotatable bonds is 7. The summed E-state index contributed by atoms with van der Waals surface area (Å²) >= 11 is 0. The van der Waals surface area contributed by atoms with Crippen LogP contribution in [0.1, 0.15) is 30.1 Å². The highest BCUT2D eigenvalue weighted by Crippen LogP contribution is 2.20. The number of ether oxygens (including phenoxy) is 1. The van der Waals surface area contributed by atoms with E-state index in [1.165, 1.54) is 0 Å². The molecule has 1 amide bonds. The molecule has 156 valence electrons. The lowest BCUT2D eigenvalue weighted by molar-refractivity contribution is 0.0746. The van der Waals surface area contributed by atoms with E-state index >= 15 is 0 Å². The fraction of sp³-hybridized carbons (Fsp3) is 0.348. The molecular formula is C23H26N4O3. The van der Waals surface area contributed by atoms with Crippen molar-refractivity contribution in [3.8, 4) is 17.2 Å². The lowest BCUT2D eigenvalue weighted by Crippen LogP contribution is -2.49. The number of hydrogen-bond acceptors (Lipinski definition) is 6. The summed E-state index contributed by atoms with van der Waals surface area (Å²) in [6.07, 6.45) is 3.75. The van der Waals surface area contributed by atoms with Gasteiger partial charge in [-0.3, -0.25) is 4.79 Å². The number of carbonyl (C=O) groups is 1. The minimum absolute atomic E-state index is 0.0500. The van der Waals surface area contributed by atoms with Crippen molar-refractivity contribution in [3.63, 3.8) is 0 Å². The molecule has 1 fully saturated rings. The highest BCUT2D eigenvalue weighted by molar-refractivity contribution is 5.94. The molecule has 0 unspecified atom stereocenters. The lowest BCUT2D eigenvalue weighted by Gasteiger charge is -2.35. The van der Waals surface area contributed by atoms with Crippen molar-refractivity contribution in [3.05, 3.63) is 60.4 Å². The van der Waals surface area contributed by atoms with E-state index in [2.05, 4.69) is 22.0 Å². The molecule has 7 heteroatoms. The molecule has 4 rings (SSSR count). The first-order valence-electron chi connectivity index (χ1n) is 10.4. The molecule has 1 aliphatic heterocycles. The maximum atomic E-state index is 12.8. The van der Waals surface area contributed by atoms with Crippen LogP contribution >= 0.6 is 0 Å². The molecule has 1 aromatic carbocycles. The van der Waals surface area contributed by atoms with E-state index in [1.807, 2.05) is 53.4 Å². The van der Waals surface area contributed by atoms with Gasteiger partial charge in [-0.05, 0) is 55.0 Å². The van der Waals surface area contributed by atoms with E-state index in [0.717, 1.165) is 37.5 Å². The average Bonchev–Trinajstić information content (AvgIpc) is 3.35. The highest BCUT2D eigenvalue weighted by atomic mass is 16.5. The lowest BCUT2D eigenvalue weighted by atomic mass is 10.1. The number of benzene rings is 1. The van der Waals surface area contributed by atoms with Gasteiger partial charge in [0.25, 0.3) is 5.91 Å². The van der Waals surface area contributed by atoms with Gasteiger partial charge in [-0.2, -0.15) is 0 Å². The van der Waals surface area contributed by atoms with Crippen LogP contribution in [-0.4, -0.2) is 53.8 Å². The maximum Gasteiger partial charge on any atom is 0.253 e. The second-order valence-corrected chi connectivity index (χ2v) is 7.26. The minimum atomic E-state index is 0.0500. The number of unbranched alkanes of at least 4 members (excludes halogenated alkanes) is 1. The summed E-state index contributed by atoms with van der Waals surface area (Å²) in [4.78, 5) is 16.8. The second kappa shape index (κ2) is 9.43. The van der Waals surface area contributed by atoms with Crippen LogP contribution in [0.3, 0.4) is 0 Å². The van der Waals surface area contributed by atoms with Crippen molar-refractivity contribution in [2.45, 2.75) is 19.8 Å². The number of nitrogens with zero attached hydrogens (tertiary/aromatic N) is 4. The number of anilines is 1. The zero-order valence-corrected chi connectivity index (χ0v) is 17.2. The molecule has 0 atom stereocenters. The zero-order chi connectivity index (χ0) is 20.8. The smallest absolute Gasteiger partial charge is 0.253 e. The van der Waals surface area contributed by atoms with E-state index in [9.17, 15) is 4.79 Å². The van der Waals surface area contributed by atoms with Crippen molar-refractivity contribution in [1.29, 1.82) is 0 Å². The average molecular weight is 406 g/mol. The van der Waals surface area contributed by atoms with E-state index in [1.54, 1.807) is 6.26 Å². The molecule has 0 N–H and O–H groups in total. The third kappa shape index (κ3) is 4.62. The maximum absolute atomic E-state index is 12.8. The first-order chi connectivity index (χ1) is 14.7. The van der Waals surface area contributed by atoms with Gasteiger partial charge in [0.05, 0.1) is 12.9 Å². The molecule has 1 saturated heterocycles. The molecule has 2 aromatic heterocycles. The number of carbonyl (C=O) groups excluding carboxylic acids is 1. The summed E-state index contributed by atoms with van der Waals surface area (Å²) < 4.78 is 11.0. The summed E-state index contributed by atoms with van der Waals surface area (Å²) in [6.45, 7) is 5.58. The predicted molar refractivity (Wildman–Crippen MR) is 115 cm³/mol. The van der Waals surface area contributed by atoms with Crippen molar-refractivity contribution in [2.75, 3.05) is 37.7 Å². The van der Waals surface area contributed by atoms with Gasteiger partial charge in [0.15, 0.2) is 11.6 Å². The van der Waals surface area contributed by atoms with Crippen LogP contribution in [0.4, 0.5) is 5.82 Å². The van der Waals surface area contributed by atoms with Gasteiger partial charge in [-0.25, -0.2) is 0 Å².